The van der Waals surface area contributed by atoms with Crippen LogP contribution in [0.15, 0.2) is 23.0 Å². The van der Waals surface area contributed by atoms with Crippen LogP contribution in [-0.4, -0.2) is 44.6 Å². The first-order valence-corrected chi connectivity index (χ1v) is 9.74. The quantitative estimate of drug-likeness (QED) is 0.703. The molecule has 2 aliphatic heterocycles. The Balaban J connectivity index is 1.58. The van der Waals surface area contributed by atoms with E-state index in [0.717, 1.165) is 36.1 Å². The number of likely N-dealkylation sites (tertiary alicyclic amines) is 1. The normalized spacial score (nSPS) is 19.1. The number of nitrogens with zero attached hydrogens (tertiary/aromatic N) is 4. The lowest BCUT2D eigenvalue weighted by molar-refractivity contribution is -0.275. The standard InChI is InChI=1S/C19H20F4N4O3/c20-13-10-12(6-7-15(13)30-19(21,22)23)11-26-18(29)27-14(4-3-5-16(27)24-26)17(28)25-8-1-2-9-25/h6-7,10,14H,1-5,8-9,11H2/t14-/m1/s1. The van der Waals surface area contributed by atoms with Crippen molar-refractivity contribution >= 4 is 5.91 Å². The minimum Gasteiger partial charge on any atom is -0.403 e. The fourth-order valence-corrected chi connectivity index (χ4v) is 4.04. The topological polar surface area (TPSA) is 69.4 Å². The summed E-state index contributed by atoms with van der Waals surface area (Å²) in [6.07, 6.45) is -1.30. The highest BCUT2D eigenvalue weighted by atomic mass is 19.4. The SMILES string of the molecule is O=C([C@H]1CCCc2nn(Cc3ccc(OC(F)(F)F)c(F)c3)c(=O)n21)N1CCCC1. The van der Waals surface area contributed by atoms with Crippen molar-refractivity contribution in [1.29, 1.82) is 0 Å². The minimum atomic E-state index is -5.00. The van der Waals surface area contributed by atoms with Gasteiger partial charge in [-0.2, -0.15) is 5.10 Å². The second kappa shape index (κ2) is 7.77. The molecule has 11 heteroatoms. The van der Waals surface area contributed by atoms with Gasteiger partial charge in [0.15, 0.2) is 11.6 Å². The Labute approximate surface area is 168 Å². The first kappa shape index (κ1) is 20.4. The zero-order chi connectivity index (χ0) is 21.5. The zero-order valence-electron chi connectivity index (χ0n) is 16.0. The second-order valence-electron chi connectivity index (χ2n) is 7.48. The van der Waals surface area contributed by atoms with Crippen LogP contribution in [0.2, 0.25) is 0 Å². The molecule has 162 valence electrons. The number of ether oxygens (including phenoxy) is 1. The van der Waals surface area contributed by atoms with Gasteiger partial charge in [-0.3, -0.25) is 9.36 Å². The molecule has 0 aliphatic carbocycles. The van der Waals surface area contributed by atoms with Gasteiger partial charge in [0, 0.05) is 19.5 Å². The molecular weight excluding hydrogens is 408 g/mol. The summed E-state index contributed by atoms with van der Waals surface area (Å²) in [5.74, 6) is -1.74. The van der Waals surface area contributed by atoms with Crippen LogP contribution in [-0.2, 0) is 17.8 Å². The number of rotatable bonds is 4. The van der Waals surface area contributed by atoms with Crippen molar-refractivity contribution in [3.8, 4) is 5.75 Å². The van der Waals surface area contributed by atoms with Crippen molar-refractivity contribution in [1.82, 2.24) is 19.2 Å². The molecule has 0 saturated carbocycles. The third-order valence-corrected chi connectivity index (χ3v) is 5.39. The summed E-state index contributed by atoms with van der Waals surface area (Å²) in [5, 5.41) is 4.28. The van der Waals surface area contributed by atoms with Crippen molar-refractivity contribution in [2.75, 3.05) is 13.1 Å². The number of amides is 1. The molecular formula is C19H20F4N4O3. The van der Waals surface area contributed by atoms with Crippen molar-refractivity contribution < 1.29 is 27.1 Å². The molecule has 1 fully saturated rings. The fraction of sp³-hybridized carbons (Fsp3) is 0.526. The Kier molecular flexibility index (Phi) is 5.29. The first-order valence-electron chi connectivity index (χ1n) is 9.74. The highest BCUT2D eigenvalue weighted by Crippen LogP contribution is 2.27. The van der Waals surface area contributed by atoms with Gasteiger partial charge < -0.3 is 9.64 Å². The summed E-state index contributed by atoms with van der Waals surface area (Å²) in [6.45, 7) is 1.23. The van der Waals surface area contributed by atoms with Crippen LogP contribution in [0.3, 0.4) is 0 Å². The fourth-order valence-electron chi connectivity index (χ4n) is 4.04. The molecule has 0 unspecified atom stereocenters. The highest BCUT2D eigenvalue weighted by Gasteiger charge is 2.34. The van der Waals surface area contributed by atoms with Crippen molar-refractivity contribution in [3.05, 3.63) is 45.9 Å². The Morgan fingerprint density at radius 3 is 2.60 bits per heavy atom. The van der Waals surface area contributed by atoms with Crippen LogP contribution in [0, 0.1) is 5.82 Å². The van der Waals surface area contributed by atoms with Crippen molar-refractivity contribution in [2.24, 2.45) is 0 Å². The van der Waals surface area contributed by atoms with E-state index in [4.69, 9.17) is 0 Å². The van der Waals surface area contributed by atoms with Crippen LogP contribution in [0.4, 0.5) is 17.6 Å². The van der Waals surface area contributed by atoms with Gasteiger partial charge in [0.1, 0.15) is 11.9 Å². The summed E-state index contributed by atoms with van der Waals surface area (Å²) in [6, 6.07) is 2.37. The Hall–Kier alpha value is -2.85. The van der Waals surface area contributed by atoms with Crippen molar-refractivity contribution in [3.63, 3.8) is 0 Å². The Morgan fingerprint density at radius 2 is 1.93 bits per heavy atom. The van der Waals surface area contributed by atoms with Crippen LogP contribution in [0.25, 0.3) is 0 Å². The lowest BCUT2D eigenvalue weighted by atomic mass is 10.0. The predicted molar refractivity (Wildman–Crippen MR) is 96.5 cm³/mol. The lowest BCUT2D eigenvalue weighted by Gasteiger charge is -2.27. The highest BCUT2D eigenvalue weighted by molar-refractivity contribution is 5.80. The zero-order valence-corrected chi connectivity index (χ0v) is 16.0. The summed E-state index contributed by atoms with van der Waals surface area (Å²) < 4.78 is 57.0. The number of hydrogen-bond acceptors (Lipinski definition) is 4. The number of fused-ring (bicyclic) bond motifs is 1. The van der Waals surface area contributed by atoms with E-state index in [-0.39, 0.29) is 18.0 Å². The number of aromatic nitrogens is 3. The van der Waals surface area contributed by atoms with Gasteiger partial charge in [0.25, 0.3) is 0 Å². The molecule has 3 heterocycles. The number of alkyl halides is 3. The number of carbonyl (C=O) groups excluding carboxylic acids is 1. The molecule has 2 aliphatic rings. The van der Waals surface area contributed by atoms with Gasteiger partial charge >= 0.3 is 12.1 Å². The third-order valence-electron chi connectivity index (χ3n) is 5.39. The van der Waals surface area contributed by atoms with Gasteiger partial charge in [-0.1, -0.05) is 6.07 Å². The molecule has 4 rings (SSSR count). The Morgan fingerprint density at radius 1 is 1.20 bits per heavy atom. The summed E-state index contributed by atoms with van der Waals surface area (Å²) in [4.78, 5) is 27.5. The van der Waals surface area contributed by atoms with Crippen molar-refractivity contribution in [2.45, 2.75) is 51.1 Å². The first-order chi connectivity index (χ1) is 14.2. The molecule has 30 heavy (non-hydrogen) atoms. The summed E-state index contributed by atoms with van der Waals surface area (Å²) in [5.41, 5.74) is -0.236. The van der Waals surface area contributed by atoms with Crippen LogP contribution >= 0.6 is 0 Å². The number of hydrogen-bond donors (Lipinski definition) is 0. The summed E-state index contributed by atoms with van der Waals surface area (Å²) in [7, 11) is 0. The molecule has 1 aromatic heterocycles. The van der Waals surface area contributed by atoms with E-state index >= 15 is 0 Å². The lowest BCUT2D eigenvalue weighted by Crippen LogP contribution is -2.41. The van der Waals surface area contributed by atoms with E-state index in [1.165, 1.54) is 10.6 Å². The third kappa shape index (κ3) is 4.05. The van der Waals surface area contributed by atoms with Gasteiger partial charge in [-0.05, 0) is 43.4 Å². The molecule has 1 aromatic carbocycles. The molecule has 7 nitrogen and oxygen atoms in total. The predicted octanol–water partition coefficient (Wildman–Crippen LogP) is 2.63. The van der Waals surface area contributed by atoms with Crippen LogP contribution in [0.5, 0.6) is 5.75 Å². The van der Waals surface area contributed by atoms with E-state index in [1.54, 1.807) is 4.90 Å². The maximum atomic E-state index is 14.0. The minimum absolute atomic E-state index is 0.0882. The average Bonchev–Trinajstić information content (AvgIpc) is 3.31. The van der Waals surface area contributed by atoms with E-state index in [9.17, 15) is 27.2 Å². The van der Waals surface area contributed by atoms with Crippen LogP contribution in [0.1, 0.15) is 43.1 Å². The maximum Gasteiger partial charge on any atom is 0.573 e. The molecule has 0 radical (unpaired) electrons. The van der Waals surface area contributed by atoms with Crippen LogP contribution < -0.4 is 10.4 Å². The largest absolute Gasteiger partial charge is 0.573 e. The number of benzene rings is 1. The maximum absolute atomic E-state index is 14.0. The smallest absolute Gasteiger partial charge is 0.403 e. The van der Waals surface area contributed by atoms with E-state index in [1.807, 2.05) is 0 Å². The van der Waals surface area contributed by atoms with E-state index in [2.05, 4.69) is 9.84 Å². The number of halogens is 4. The number of carbonyl (C=O) groups is 1. The molecule has 0 N–H and O–H groups in total. The number of aryl methyl sites for hydroxylation is 1. The van der Waals surface area contributed by atoms with Gasteiger partial charge in [-0.25, -0.2) is 13.9 Å². The molecule has 1 atom stereocenters. The molecule has 1 saturated heterocycles. The molecule has 0 spiro atoms. The van der Waals surface area contributed by atoms with E-state index in [0.29, 0.717) is 31.8 Å². The molecule has 2 aromatic rings. The van der Waals surface area contributed by atoms with E-state index < -0.39 is 29.7 Å². The monoisotopic (exact) mass is 428 g/mol. The molecule has 0 bridgehead atoms. The van der Waals surface area contributed by atoms with Gasteiger partial charge in [-0.15, -0.1) is 13.2 Å². The summed E-state index contributed by atoms with van der Waals surface area (Å²) >= 11 is 0. The molecule has 1 amide bonds. The average molecular weight is 428 g/mol. The second-order valence-corrected chi connectivity index (χ2v) is 7.48. The Bertz CT molecular complexity index is 1010. The van der Waals surface area contributed by atoms with Gasteiger partial charge in [0.05, 0.1) is 6.54 Å². The van der Waals surface area contributed by atoms with Gasteiger partial charge in [0.2, 0.25) is 5.91 Å².